The van der Waals surface area contributed by atoms with Crippen LogP contribution in [0.15, 0.2) is 77.7 Å². The van der Waals surface area contributed by atoms with Crippen molar-refractivity contribution in [1.82, 2.24) is 9.80 Å². The van der Waals surface area contributed by atoms with Crippen LogP contribution in [0.25, 0.3) is 0 Å². The average Bonchev–Trinajstić information content (AvgIpc) is 3.05. The number of likely N-dealkylation sites (N-methyl/N-ethyl adjacent to an activating group) is 1. The number of sulfonamides is 1. The maximum absolute atomic E-state index is 13.9. The molecule has 3 aromatic carbocycles. The molecule has 1 aliphatic carbocycles. The lowest BCUT2D eigenvalue weighted by molar-refractivity contribution is -0.135. The van der Waals surface area contributed by atoms with Crippen LogP contribution in [0.1, 0.15) is 49.7 Å². The Balaban J connectivity index is 1.16. The van der Waals surface area contributed by atoms with E-state index in [2.05, 4.69) is 49.3 Å². The summed E-state index contributed by atoms with van der Waals surface area (Å²) in [5.74, 6) is 0.466. The molecule has 1 heterocycles. The van der Waals surface area contributed by atoms with Crippen molar-refractivity contribution < 1.29 is 17.9 Å². The van der Waals surface area contributed by atoms with Gasteiger partial charge in [0, 0.05) is 19.1 Å². The minimum absolute atomic E-state index is 0.0590. The van der Waals surface area contributed by atoms with E-state index >= 15 is 0 Å². The van der Waals surface area contributed by atoms with Gasteiger partial charge in [0.25, 0.3) is 10.0 Å². The number of ether oxygens (including phenoxy) is 1. The van der Waals surface area contributed by atoms with E-state index in [1.54, 1.807) is 4.90 Å². The first-order valence-corrected chi connectivity index (χ1v) is 17.8. The number of halogens is 2. The van der Waals surface area contributed by atoms with Gasteiger partial charge < -0.3 is 9.64 Å². The fraction of sp³-hybridized carbons (Fsp3) is 0.457. The molecule has 1 atom stereocenters. The van der Waals surface area contributed by atoms with E-state index in [4.69, 9.17) is 27.9 Å². The van der Waals surface area contributed by atoms with Crippen molar-refractivity contribution >= 4 is 44.8 Å². The Bertz CT molecular complexity index is 1580. The zero-order valence-electron chi connectivity index (χ0n) is 26.3. The van der Waals surface area contributed by atoms with Gasteiger partial charge >= 0.3 is 0 Å². The molecular weight excluding hydrogens is 629 g/mol. The number of carbonyl (C=O) groups is 1. The van der Waals surface area contributed by atoms with Crippen LogP contribution >= 0.6 is 23.2 Å². The van der Waals surface area contributed by atoms with Gasteiger partial charge in [-0.3, -0.25) is 14.0 Å². The maximum atomic E-state index is 13.9. The largest absolute Gasteiger partial charge is 0.369 e. The van der Waals surface area contributed by atoms with Crippen LogP contribution in [0.2, 0.25) is 10.0 Å². The minimum atomic E-state index is -3.97. The number of nitrogens with zero attached hydrogens (tertiary/aromatic N) is 3. The summed E-state index contributed by atoms with van der Waals surface area (Å²) in [4.78, 5) is 17.2. The molecule has 45 heavy (non-hydrogen) atoms. The summed E-state index contributed by atoms with van der Waals surface area (Å²) >= 11 is 12.2. The molecule has 0 bridgehead atoms. The van der Waals surface area contributed by atoms with Crippen molar-refractivity contribution in [3.05, 3.63) is 94.0 Å². The van der Waals surface area contributed by atoms with E-state index in [1.807, 2.05) is 31.3 Å². The molecule has 0 radical (unpaired) electrons. The van der Waals surface area contributed by atoms with Gasteiger partial charge in [0.15, 0.2) is 0 Å². The van der Waals surface area contributed by atoms with E-state index in [-0.39, 0.29) is 39.6 Å². The molecule has 0 spiro atoms. The van der Waals surface area contributed by atoms with Gasteiger partial charge in [0.05, 0.1) is 33.3 Å². The Labute approximate surface area is 278 Å². The second-order valence-electron chi connectivity index (χ2n) is 12.6. The van der Waals surface area contributed by atoms with E-state index in [9.17, 15) is 13.2 Å². The van der Waals surface area contributed by atoms with Crippen LogP contribution in [-0.2, 0) is 31.5 Å². The first-order chi connectivity index (χ1) is 21.5. The number of rotatable bonds is 11. The van der Waals surface area contributed by atoms with Crippen molar-refractivity contribution in [2.75, 3.05) is 45.2 Å². The maximum Gasteiger partial charge on any atom is 0.264 e. The van der Waals surface area contributed by atoms with Crippen LogP contribution in [0.4, 0.5) is 5.69 Å². The van der Waals surface area contributed by atoms with Crippen molar-refractivity contribution in [2.24, 2.45) is 5.92 Å². The smallest absolute Gasteiger partial charge is 0.264 e. The SMILES string of the molecule is CN(CCC1CCC(c2ccccc2)(N(C)C)CC1)C(=O)COCC1CCc2ccccc2N1S(=O)(=O)c1ccc(Cl)c(Cl)c1. The molecule has 1 amide bonds. The lowest BCUT2D eigenvalue weighted by Crippen LogP contribution is -2.46. The summed E-state index contributed by atoms with van der Waals surface area (Å²) in [5, 5.41) is 0.459. The number of aryl methyl sites for hydroxylation is 1. The molecule has 0 N–H and O–H groups in total. The Morgan fingerprint density at radius 3 is 2.31 bits per heavy atom. The van der Waals surface area contributed by atoms with Crippen LogP contribution < -0.4 is 4.31 Å². The third kappa shape index (κ3) is 7.36. The monoisotopic (exact) mass is 671 g/mol. The normalized spacial score (nSPS) is 21.9. The first-order valence-electron chi connectivity index (χ1n) is 15.6. The van der Waals surface area contributed by atoms with Gasteiger partial charge in [-0.2, -0.15) is 0 Å². The van der Waals surface area contributed by atoms with Gasteiger partial charge in [-0.25, -0.2) is 8.42 Å². The molecule has 2 aliphatic rings. The molecule has 1 unspecified atom stereocenters. The zero-order valence-corrected chi connectivity index (χ0v) is 28.6. The molecule has 1 saturated carbocycles. The summed E-state index contributed by atoms with van der Waals surface area (Å²) in [7, 11) is 2.20. The molecule has 0 saturated heterocycles. The summed E-state index contributed by atoms with van der Waals surface area (Å²) < 4.78 is 35.2. The number of para-hydroxylation sites is 1. The van der Waals surface area contributed by atoms with Crippen LogP contribution in [0.5, 0.6) is 0 Å². The van der Waals surface area contributed by atoms with E-state index < -0.39 is 16.1 Å². The average molecular weight is 673 g/mol. The number of carbonyl (C=O) groups excluding carboxylic acids is 1. The second-order valence-corrected chi connectivity index (χ2v) is 15.2. The predicted octanol–water partition coefficient (Wildman–Crippen LogP) is 7.02. The summed E-state index contributed by atoms with van der Waals surface area (Å²) in [6.07, 6.45) is 6.68. The molecule has 0 aromatic heterocycles. The van der Waals surface area contributed by atoms with E-state index in [1.165, 1.54) is 28.1 Å². The fourth-order valence-electron chi connectivity index (χ4n) is 6.88. The van der Waals surface area contributed by atoms with Gasteiger partial charge in [-0.1, -0.05) is 71.7 Å². The summed E-state index contributed by atoms with van der Waals surface area (Å²) in [6.45, 7) is 0.669. The quantitative estimate of drug-likeness (QED) is 0.219. The Hall–Kier alpha value is -2.62. The molecule has 10 heteroatoms. The van der Waals surface area contributed by atoms with Crippen molar-refractivity contribution in [1.29, 1.82) is 0 Å². The first kappa shape index (κ1) is 33.7. The molecular formula is C35H43Cl2N3O4S. The predicted molar refractivity (Wildman–Crippen MR) is 182 cm³/mol. The van der Waals surface area contributed by atoms with Crippen molar-refractivity contribution in [2.45, 2.75) is 61.4 Å². The van der Waals surface area contributed by atoms with Crippen LogP contribution in [0.3, 0.4) is 0 Å². The number of hydrogen-bond acceptors (Lipinski definition) is 5. The van der Waals surface area contributed by atoms with Crippen LogP contribution in [0, 0.1) is 5.92 Å². The van der Waals surface area contributed by atoms with Crippen molar-refractivity contribution in [3.63, 3.8) is 0 Å². The number of amides is 1. The fourth-order valence-corrected chi connectivity index (χ4v) is 8.97. The molecule has 5 rings (SSSR count). The van der Waals surface area contributed by atoms with Gasteiger partial charge in [0.2, 0.25) is 5.91 Å². The highest BCUT2D eigenvalue weighted by Crippen LogP contribution is 2.44. The standard InChI is InChI=1S/C35H43Cl2N3O4S/c1-38(2)35(28-10-5-4-6-11-28)20-17-26(18-21-35)19-22-39(3)34(41)25-44-24-29-14-13-27-9-7-8-12-33(27)40(29)45(42,43)30-15-16-31(36)32(37)23-30/h4-12,15-16,23,26,29H,13-14,17-22,24-25H2,1-3H3. The van der Waals surface area contributed by atoms with Crippen molar-refractivity contribution in [3.8, 4) is 0 Å². The molecule has 1 aliphatic heterocycles. The zero-order chi connectivity index (χ0) is 32.2. The Morgan fingerprint density at radius 1 is 0.933 bits per heavy atom. The third-order valence-electron chi connectivity index (χ3n) is 9.69. The van der Waals surface area contributed by atoms with E-state index in [0.717, 1.165) is 37.7 Å². The Morgan fingerprint density at radius 2 is 1.62 bits per heavy atom. The van der Waals surface area contributed by atoms with Crippen LogP contribution in [-0.4, -0.2) is 71.1 Å². The highest BCUT2D eigenvalue weighted by molar-refractivity contribution is 7.92. The number of fused-ring (bicyclic) bond motifs is 1. The molecule has 7 nitrogen and oxygen atoms in total. The Kier molecular flexibility index (Phi) is 10.8. The highest BCUT2D eigenvalue weighted by atomic mass is 35.5. The third-order valence-corrected chi connectivity index (χ3v) is 12.3. The lowest BCUT2D eigenvalue weighted by Gasteiger charge is -2.46. The molecule has 1 fully saturated rings. The highest BCUT2D eigenvalue weighted by Gasteiger charge is 2.39. The molecule has 3 aromatic rings. The minimum Gasteiger partial charge on any atom is -0.369 e. The summed E-state index contributed by atoms with van der Waals surface area (Å²) in [5.41, 5.74) is 3.00. The van der Waals surface area contributed by atoms with E-state index in [0.29, 0.717) is 31.0 Å². The number of anilines is 1. The lowest BCUT2D eigenvalue weighted by atomic mass is 9.71. The number of benzene rings is 3. The number of hydrogen-bond donors (Lipinski definition) is 0. The van der Waals surface area contributed by atoms with Gasteiger partial charge in [0.1, 0.15) is 6.61 Å². The molecule has 242 valence electrons. The van der Waals surface area contributed by atoms with Gasteiger partial charge in [-0.15, -0.1) is 0 Å². The summed E-state index contributed by atoms with van der Waals surface area (Å²) in [6, 6.07) is 22.1. The van der Waals surface area contributed by atoms with Gasteiger partial charge in [-0.05, 0) is 100 Å². The topological polar surface area (TPSA) is 70.2 Å². The second kappa shape index (κ2) is 14.4.